The smallest absolute Gasteiger partial charge is 0.416 e. The van der Waals surface area contributed by atoms with Gasteiger partial charge in [0, 0.05) is 45.0 Å². The van der Waals surface area contributed by atoms with E-state index in [0.29, 0.717) is 51.3 Å². The van der Waals surface area contributed by atoms with Crippen LogP contribution in [0.25, 0.3) is 0 Å². The number of esters is 1. The van der Waals surface area contributed by atoms with Crippen LogP contribution in [0.3, 0.4) is 0 Å². The van der Waals surface area contributed by atoms with Gasteiger partial charge < -0.3 is 24.2 Å². The molecule has 0 aliphatic carbocycles. The first kappa shape index (κ1) is 26.6. The summed E-state index contributed by atoms with van der Waals surface area (Å²) < 4.78 is 49.5. The van der Waals surface area contributed by atoms with E-state index in [4.69, 9.17) is 9.47 Å². The predicted octanol–water partition coefficient (Wildman–Crippen LogP) is 3.54. The molecule has 0 spiro atoms. The van der Waals surface area contributed by atoms with Crippen molar-refractivity contribution < 1.29 is 37.0 Å². The molecule has 2 amide bonds. The van der Waals surface area contributed by atoms with E-state index in [1.165, 1.54) is 15.9 Å². The molecule has 0 saturated carbocycles. The highest BCUT2D eigenvalue weighted by Gasteiger charge is 2.33. The van der Waals surface area contributed by atoms with E-state index in [2.05, 4.69) is 0 Å². The minimum atomic E-state index is -4.42. The van der Waals surface area contributed by atoms with Gasteiger partial charge in [-0.15, -0.1) is 0 Å². The number of hydrogen-bond donors (Lipinski definition) is 0. The highest BCUT2D eigenvalue weighted by atomic mass is 19.4. The topological polar surface area (TPSA) is 79.4 Å². The van der Waals surface area contributed by atoms with Crippen LogP contribution in [0, 0.1) is 5.92 Å². The van der Waals surface area contributed by atoms with E-state index >= 15 is 0 Å². The maximum atomic E-state index is 13.0. The molecule has 3 rings (SSSR count). The van der Waals surface area contributed by atoms with Gasteiger partial charge in [0.15, 0.2) is 6.61 Å². The molecule has 2 fully saturated rings. The largest absolute Gasteiger partial charge is 0.455 e. The molecule has 2 heterocycles. The molecule has 194 valence electrons. The number of carbonyl (C=O) groups excluding carboxylic acids is 3. The first-order chi connectivity index (χ1) is 16.3. The fourth-order valence-electron chi connectivity index (χ4n) is 4.10. The summed E-state index contributed by atoms with van der Waals surface area (Å²) in [4.78, 5) is 42.1. The van der Waals surface area contributed by atoms with Gasteiger partial charge in [0.25, 0.3) is 5.91 Å². The number of halogens is 3. The van der Waals surface area contributed by atoms with Gasteiger partial charge in [0.1, 0.15) is 5.60 Å². The van der Waals surface area contributed by atoms with Crippen molar-refractivity contribution in [3.8, 4) is 0 Å². The van der Waals surface area contributed by atoms with Crippen molar-refractivity contribution in [2.45, 2.75) is 45.4 Å². The number of carbonyl (C=O) groups is 3. The summed E-state index contributed by atoms with van der Waals surface area (Å²) in [6.07, 6.45) is -3.71. The number of rotatable bonds is 4. The molecule has 11 heteroatoms. The van der Waals surface area contributed by atoms with E-state index in [1.54, 1.807) is 31.7 Å². The molecule has 1 atom stereocenters. The number of piperazine rings is 1. The number of alkyl halides is 3. The summed E-state index contributed by atoms with van der Waals surface area (Å²) in [7, 11) is 0. The third kappa shape index (κ3) is 7.50. The van der Waals surface area contributed by atoms with Gasteiger partial charge in [-0.05, 0) is 51.8 Å². The van der Waals surface area contributed by atoms with Gasteiger partial charge in [-0.1, -0.05) is 6.07 Å². The van der Waals surface area contributed by atoms with Crippen molar-refractivity contribution in [1.29, 1.82) is 0 Å². The average Bonchev–Trinajstić information content (AvgIpc) is 2.81. The van der Waals surface area contributed by atoms with Crippen molar-refractivity contribution in [3.05, 3.63) is 29.8 Å². The number of benzene rings is 1. The van der Waals surface area contributed by atoms with Crippen LogP contribution in [0.15, 0.2) is 24.3 Å². The summed E-state index contributed by atoms with van der Waals surface area (Å²) in [6.45, 7) is 6.92. The molecule has 1 aromatic rings. The zero-order valence-electron chi connectivity index (χ0n) is 20.3. The van der Waals surface area contributed by atoms with Crippen LogP contribution in [0.4, 0.5) is 23.7 Å². The lowest BCUT2D eigenvalue weighted by atomic mass is 9.98. The summed E-state index contributed by atoms with van der Waals surface area (Å²) >= 11 is 0. The molecular weight excluding hydrogens is 467 g/mol. The second-order valence-electron chi connectivity index (χ2n) is 9.79. The maximum absolute atomic E-state index is 13.0. The second kappa shape index (κ2) is 10.7. The van der Waals surface area contributed by atoms with E-state index in [0.717, 1.165) is 12.1 Å². The SMILES string of the molecule is CC(C)(C)OC(=O)N1CCCC(C(=O)OCC(=O)N2CCN(c3cccc(C(F)(F)F)c3)CC2)C1. The molecule has 0 aromatic heterocycles. The Balaban J connectivity index is 1.45. The van der Waals surface area contributed by atoms with Crippen molar-refractivity contribution in [2.75, 3.05) is 50.8 Å². The predicted molar refractivity (Wildman–Crippen MR) is 122 cm³/mol. The Morgan fingerprint density at radius 1 is 1.00 bits per heavy atom. The van der Waals surface area contributed by atoms with Crippen LogP contribution in [-0.2, 0) is 25.2 Å². The number of anilines is 1. The summed E-state index contributed by atoms with van der Waals surface area (Å²) in [6, 6.07) is 5.10. The van der Waals surface area contributed by atoms with Gasteiger partial charge >= 0.3 is 18.2 Å². The zero-order valence-corrected chi connectivity index (χ0v) is 20.3. The Morgan fingerprint density at radius 3 is 2.31 bits per heavy atom. The van der Waals surface area contributed by atoms with Gasteiger partial charge in [0.05, 0.1) is 11.5 Å². The molecule has 2 aliphatic heterocycles. The summed E-state index contributed by atoms with van der Waals surface area (Å²) in [5.74, 6) is -1.42. The minimum Gasteiger partial charge on any atom is -0.455 e. The summed E-state index contributed by atoms with van der Waals surface area (Å²) in [5.41, 5.74) is -0.902. The Bertz CT molecular complexity index is 924. The van der Waals surface area contributed by atoms with Crippen molar-refractivity contribution >= 4 is 23.7 Å². The Hall–Kier alpha value is -2.98. The van der Waals surface area contributed by atoms with Crippen molar-refractivity contribution in [2.24, 2.45) is 5.92 Å². The first-order valence-corrected chi connectivity index (χ1v) is 11.7. The monoisotopic (exact) mass is 499 g/mol. The molecule has 1 unspecified atom stereocenters. The molecule has 0 radical (unpaired) electrons. The third-order valence-corrected chi connectivity index (χ3v) is 5.92. The molecule has 1 aromatic carbocycles. The molecule has 2 saturated heterocycles. The molecule has 2 aliphatic rings. The number of likely N-dealkylation sites (tertiary alicyclic amines) is 1. The molecule has 35 heavy (non-hydrogen) atoms. The maximum Gasteiger partial charge on any atom is 0.416 e. The molecular formula is C24H32F3N3O5. The Kier molecular flexibility index (Phi) is 8.17. The zero-order chi connectivity index (χ0) is 25.8. The highest BCUT2D eigenvalue weighted by molar-refractivity contribution is 5.82. The van der Waals surface area contributed by atoms with Crippen LogP contribution in [0.2, 0.25) is 0 Å². The third-order valence-electron chi connectivity index (χ3n) is 5.92. The molecule has 8 nitrogen and oxygen atoms in total. The number of ether oxygens (including phenoxy) is 2. The normalized spacial score (nSPS) is 19.4. The van der Waals surface area contributed by atoms with Crippen LogP contribution in [0.5, 0.6) is 0 Å². The highest BCUT2D eigenvalue weighted by Crippen LogP contribution is 2.32. The standard InChI is InChI=1S/C24H32F3N3O5/c1-23(2,3)35-22(33)30-9-5-6-17(15-30)21(32)34-16-20(31)29-12-10-28(11-13-29)19-8-4-7-18(14-19)24(25,26)27/h4,7-8,14,17H,5-6,9-13,15-16H2,1-3H3. The number of nitrogens with zero attached hydrogens (tertiary/aromatic N) is 3. The van der Waals surface area contributed by atoms with Gasteiger partial charge in [0.2, 0.25) is 0 Å². The average molecular weight is 500 g/mol. The van der Waals surface area contributed by atoms with Crippen LogP contribution in [-0.4, -0.2) is 79.2 Å². The lowest BCUT2D eigenvalue weighted by molar-refractivity contribution is -0.157. The van der Waals surface area contributed by atoms with Crippen molar-refractivity contribution in [3.63, 3.8) is 0 Å². The lowest BCUT2D eigenvalue weighted by Gasteiger charge is -2.36. The minimum absolute atomic E-state index is 0.178. The van der Waals surface area contributed by atoms with Gasteiger partial charge in [-0.2, -0.15) is 13.2 Å². The quantitative estimate of drug-likeness (QED) is 0.590. The molecule has 0 N–H and O–H groups in total. The van der Waals surface area contributed by atoms with Crippen LogP contribution < -0.4 is 4.90 Å². The van der Waals surface area contributed by atoms with E-state index in [1.807, 2.05) is 0 Å². The van der Waals surface area contributed by atoms with Crippen LogP contribution in [0.1, 0.15) is 39.2 Å². The van der Waals surface area contributed by atoms with E-state index in [-0.39, 0.29) is 12.5 Å². The van der Waals surface area contributed by atoms with Gasteiger partial charge in [-0.25, -0.2) is 4.79 Å². The molecule has 0 bridgehead atoms. The lowest BCUT2D eigenvalue weighted by Crippen LogP contribution is -2.50. The first-order valence-electron chi connectivity index (χ1n) is 11.7. The van der Waals surface area contributed by atoms with Crippen molar-refractivity contribution in [1.82, 2.24) is 9.80 Å². The second-order valence-corrected chi connectivity index (χ2v) is 9.79. The number of hydrogen-bond acceptors (Lipinski definition) is 6. The fraction of sp³-hybridized carbons (Fsp3) is 0.625. The number of piperidine rings is 1. The fourth-order valence-corrected chi connectivity index (χ4v) is 4.10. The Morgan fingerprint density at radius 2 is 1.69 bits per heavy atom. The van der Waals surface area contributed by atoms with Gasteiger partial charge in [-0.3, -0.25) is 9.59 Å². The van der Waals surface area contributed by atoms with E-state index in [9.17, 15) is 27.6 Å². The summed E-state index contributed by atoms with van der Waals surface area (Å²) in [5, 5.41) is 0. The van der Waals surface area contributed by atoms with E-state index < -0.39 is 41.9 Å². The Labute approximate surface area is 202 Å². The van der Waals surface area contributed by atoms with Crippen LogP contribution >= 0.6 is 0 Å². The number of amides is 2.